The number of alkyl halides is 1. The standard InChI is InChI=1S/C16H14Br2F2/c1-9-7-13(17)10(2)6-11(9)14(18)8-12-15(19)4-3-5-16(12)20/h3-7,14H,8H2,1-2H3. The van der Waals surface area contributed by atoms with E-state index in [0.29, 0.717) is 0 Å². The van der Waals surface area contributed by atoms with Gasteiger partial charge >= 0.3 is 0 Å². The second-order valence-electron chi connectivity index (χ2n) is 4.83. The third-order valence-electron chi connectivity index (χ3n) is 3.33. The number of halogens is 4. The van der Waals surface area contributed by atoms with E-state index in [2.05, 4.69) is 31.9 Å². The first-order chi connectivity index (χ1) is 9.40. The van der Waals surface area contributed by atoms with Crippen molar-refractivity contribution >= 4 is 31.9 Å². The van der Waals surface area contributed by atoms with Gasteiger partial charge in [-0.05, 0) is 55.2 Å². The molecule has 1 atom stereocenters. The molecular formula is C16H14Br2F2. The van der Waals surface area contributed by atoms with Crippen LogP contribution in [0.3, 0.4) is 0 Å². The van der Waals surface area contributed by atoms with Gasteiger partial charge in [-0.3, -0.25) is 0 Å². The molecule has 0 saturated carbocycles. The fourth-order valence-corrected chi connectivity index (χ4v) is 3.43. The van der Waals surface area contributed by atoms with Crippen molar-refractivity contribution in [2.75, 3.05) is 0 Å². The van der Waals surface area contributed by atoms with Crippen LogP contribution in [-0.4, -0.2) is 0 Å². The predicted molar refractivity (Wildman–Crippen MR) is 85.3 cm³/mol. The van der Waals surface area contributed by atoms with Gasteiger partial charge in [0.15, 0.2) is 0 Å². The van der Waals surface area contributed by atoms with Crippen LogP contribution in [0.5, 0.6) is 0 Å². The topological polar surface area (TPSA) is 0 Å². The third-order valence-corrected chi connectivity index (χ3v) is 5.00. The van der Waals surface area contributed by atoms with Gasteiger partial charge < -0.3 is 0 Å². The van der Waals surface area contributed by atoms with E-state index in [1.54, 1.807) is 0 Å². The molecule has 4 heteroatoms. The normalized spacial score (nSPS) is 12.5. The Morgan fingerprint density at radius 2 is 1.65 bits per heavy atom. The van der Waals surface area contributed by atoms with E-state index >= 15 is 0 Å². The van der Waals surface area contributed by atoms with E-state index in [1.807, 2.05) is 26.0 Å². The van der Waals surface area contributed by atoms with Gasteiger partial charge in [0.25, 0.3) is 0 Å². The Balaban J connectivity index is 2.33. The van der Waals surface area contributed by atoms with Gasteiger partial charge in [0.1, 0.15) is 11.6 Å². The van der Waals surface area contributed by atoms with Crippen molar-refractivity contribution in [3.63, 3.8) is 0 Å². The highest BCUT2D eigenvalue weighted by Gasteiger charge is 2.17. The second kappa shape index (κ2) is 6.35. The lowest BCUT2D eigenvalue weighted by Crippen LogP contribution is -2.03. The Morgan fingerprint density at radius 1 is 1.05 bits per heavy atom. The van der Waals surface area contributed by atoms with Crippen LogP contribution in [0.25, 0.3) is 0 Å². The Kier molecular flexibility index (Phi) is 4.97. The summed E-state index contributed by atoms with van der Waals surface area (Å²) >= 11 is 7.04. The van der Waals surface area contributed by atoms with Crippen LogP contribution < -0.4 is 0 Å². The summed E-state index contributed by atoms with van der Waals surface area (Å²) in [6.07, 6.45) is 0.278. The van der Waals surface area contributed by atoms with E-state index in [1.165, 1.54) is 18.2 Å². The van der Waals surface area contributed by atoms with Crippen LogP contribution in [0.1, 0.15) is 27.1 Å². The van der Waals surface area contributed by atoms with Crippen LogP contribution >= 0.6 is 31.9 Å². The summed E-state index contributed by atoms with van der Waals surface area (Å²) < 4.78 is 28.4. The van der Waals surface area contributed by atoms with Crippen molar-refractivity contribution in [1.29, 1.82) is 0 Å². The van der Waals surface area contributed by atoms with Crippen molar-refractivity contribution in [2.24, 2.45) is 0 Å². The molecule has 0 aliphatic heterocycles. The van der Waals surface area contributed by atoms with Gasteiger partial charge in [-0.1, -0.05) is 44.0 Å². The van der Waals surface area contributed by atoms with Crippen LogP contribution in [-0.2, 0) is 6.42 Å². The van der Waals surface area contributed by atoms with Gasteiger partial charge in [0.2, 0.25) is 0 Å². The Hall–Kier alpha value is -0.740. The number of rotatable bonds is 3. The first-order valence-corrected chi connectivity index (χ1v) is 7.94. The molecule has 106 valence electrons. The van der Waals surface area contributed by atoms with E-state index in [9.17, 15) is 8.78 Å². The Labute approximate surface area is 134 Å². The molecule has 0 fully saturated rings. The first-order valence-electron chi connectivity index (χ1n) is 6.23. The highest BCUT2D eigenvalue weighted by molar-refractivity contribution is 9.10. The number of hydrogen-bond acceptors (Lipinski definition) is 0. The lowest BCUT2D eigenvalue weighted by atomic mass is 9.98. The van der Waals surface area contributed by atoms with Gasteiger partial charge in [-0.25, -0.2) is 8.78 Å². The summed E-state index contributed by atoms with van der Waals surface area (Å²) in [6, 6.07) is 8.02. The van der Waals surface area contributed by atoms with Crippen molar-refractivity contribution in [1.82, 2.24) is 0 Å². The van der Waals surface area contributed by atoms with Gasteiger partial charge in [-0.15, -0.1) is 0 Å². The first kappa shape index (κ1) is 15.6. The maximum Gasteiger partial charge on any atom is 0.129 e. The van der Waals surface area contributed by atoms with Crippen LogP contribution in [0.4, 0.5) is 8.78 Å². The summed E-state index contributed by atoms with van der Waals surface area (Å²) in [5.41, 5.74) is 3.35. The summed E-state index contributed by atoms with van der Waals surface area (Å²) in [5, 5.41) is 0. The van der Waals surface area contributed by atoms with Crippen molar-refractivity contribution in [2.45, 2.75) is 25.1 Å². The van der Waals surface area contributed by atoms with E-state index in [-0.39, 0.29) is 16.8 Å². The van der Waals surface area contributed by atoms with E-state index < -0.39 is 11.6 Å². The molecule has 0 aliphatic carbocycles. The molecule has 0 aliphatic rings. The zero-order chi connectivity index (χ0) is 14.9. The molecular weight excluding hydrogens is 390 g/mol. The molecule has 2 aromatic rings. The third kappa shape index (κ3) is 3.29. The Bertz CT molecular complexity index is 618. The lowest BCUT2D eigenvalue weighted by Gasteiger charge is -2.16. The van der Waals surface area contributed by atoms with Crippen molar-refractivity contribution < 1.29 is 8.78 Å². The quantitative estimate of drug-likeness (QED) is 0.549. The molecule has 0 saturated heterocycles. The lowest BCUT2D eigenvalue weighted by molar-refractivity contribution is 0.554. The van der Waals surface area contributed by atoms with Crippen LogP contribution in [0.15, 0.2) is 34.8 Å². The molecule has 0 heterocycles. The Morgan fingerprint density at radius 3 is 2.25 bits per heavy atom. The molecule has 0 nitrogen and oxygen atoms in total. The molecule has 0 bridgehead atoms. The van der Waals surface area contributed by atoms with Gasteiger partial charge in [-0.2, -0.15) is 0 Å². The van der Waals surface area contributed by atoms with Crippen LogP contribution in [0, 0.1) is 25.5 Å². The summed E-state index contributed by atoms with van der Waals surface area (Å²) in [4.78, 5) is -0.124. The second-order valence-corrected chi connectivity index (χ2v) is 6.79. The fraction of sp³-hybridized carbons (Fsp3) is 0.250. The number of benzene rings is 2. The minimum Gasteiger partial charge on any atom is -0.207 e. The minimum atomic E-state index is -0.499. The monoisotopic (exact) mass is 402 g/mol. The molecule has 0 amide bonds. The molecule has 0 aromatic heterocycles. The van der Waals surface area contributed by atoms with Crippen molar-refractivity contribution in [3.8, 4) is 0 Å². The molecule has 0 spiro atoms. The number of aryl methyl sites for hydroxylation is 2. The average molecular weight is 404 g/mol. The number of hydrogen-bond donors (Lipinski definition) is 0. The molecule has 2 rings (SSSR count). The van der Waals surface area contributed by atoms with E-state index in [4.69, 9.17) is 0 Å². The molecule has 20 heavy (non-hydrogen) atoms. The zero-order valence-electron chi connectivity index (χ0n) is 11.2. The summed E-state index contributed by atoms with van der Waals surface area (Å²) in [7, 11) is 0. The molecule has 0 radical (unpaired) electrons. The van der Waals surface area contributed by atoms with E-state index in [0.717, 1.165) is 21.2 Å². The molecule has 2 aromatic carbocycles. The van der Waals surface area contributed by atoms with Gasteiger partial charge in [0.05, 0.1) is 0 Å². The largest absolute Gasteiger partial charge is 0.207 e. The smallest absolute Gasteiger partial charge is 0.129 e. The molecule has 0 N–H and O–H groups in total. The van der Waals surface area contributed by atoms with Crippen LogP contribution in [0.2, 0.25) is 0 Å². The maximum absolute atomic E-state index is 13.7. The fourth-order valence-electron chi connectivity index (χ4n) is 2.16. The van der Waals surface area contributed by atoms with Gasteiger partial charge in [0, 0.05) is 14.9 Å². The highest BCUT2D eigenvalue weighted by Crippen LogP contribution is 2.33. The highest BCUT2D eigenvalue weighted by atomic mass is 79.9. The zero-order valence-corrected chi connectivity index (χ0v) is 14.4. The summed E-state index contributed by atoms with van der Waals surface area (Å²) in [5.74, 6) is -0.998. The average Bonchev–Trinajstić information content (AvgIpc) is 2.38. The minimum absolute atomic E-state index is 0.120. The SMILES string of the molecule is Cc1cc(C(Br)Cc2c(F)cccc2F)c(C)cc1Br. The predicted octanol–water partition coefficient (Wildman–Crippen LogP) is 6.02. The molecule has 1 unspecified atom stereocenters. The van der Waals surface area contributed by atoms with Crippen molar-refractivity contribution in [3.05, 3.63) is 68.7 Å². The maximum atomic E-state index is 13.7. The summed E-state index contributed by atoms with van der Waals surface area (Å²) in [6.45, 7) is 3.99.